The highest BCUT2D eigenvalue weighted by molar-refractivity contribution is 5.59. The number of aromatic nitrogens is 3. The van der Waals surface area contributed by atoms with Crippen molar-refractivity contribution in [3.8, 4) is 5.75 Å². The lowest BCUT2D eigenvalue weighted by Crippen LogP contribution is -2.09. The molecule has 0 atom stereocenters. The molecule has 6 nitrogen and oxygen atoms in total. The summed E-state index contributed by atoms with van der Waals surface area (Å²) in [7, 11) is 1.67. The zero-order valence-corrected chi connectivity index (χ0v) is 15.3. The van der Waals surface area contributed by atoms with Gasteiger partial charge in [-0.05, 0) is 55.2 Å². The fourth-order valence-corrected chi connectivity index (χ4v) is 2.56. The van der Waals surface area contributed by atoms with Gasteiger partial charge in [-0.25, -0.2) is 0 Å². The van der Waals surface area contributed by atoms with Crippen molar-refractivity contribution in [1.29, 1.82) is 0 Å². The highest BCUT2D eigenvalue weighted by Crippen LogP contribution is 2.20. The molecule has 0 aliphatic rings. The summed E-state index contributed by atoms with van der Waals surface area (Å²) in [6.07, 6.45) is 2.51. The fraction of sp³-hybridized carbons (Fsp3) is 0.250. The first kappa shape index (κ1) is 17.7. The SMILES string of the molecule is COc1ccc(CCNc2cnnc(Nc3cc(C)ccc3C)n2)cc1. The second kappa shape index (κ2) is 8.29. The molecule has 134 valence electrons. The molecule has 0 amide bonds. The normalized spacial score (nSPS) is 10.4. The van der Waals surface area contributed by atoms with E-state index in [1.54, 1.807) is 13.3 Å². The molecule has 0 radical (unpaired) electrons. The second-order valence-corrected chi connectivity index (χ2v) is 6.13. The minimum absolute atomic E-state index is 0.480. The van der Waals surface area contributed by atoms with Gasteiger partial charge in [0.1, 0.15) is 5.75 Å². The molecule has 3 rings (SSSR count). The Morgan fingerprint density at radius 1 is 1.04 bits per heavy atom. The van der Waals surface area contributed by atoms with Crippen LogP contribution in [0.2, 0.25) is 0 Å². The van der Waals surface area contributed by atoms with Gasteiger partial charge in [0, 0.05) is 12.2 Å². The molecule has 0 saturated heterocycles. The third-order valence-electron chi connectivity index (χ3n) is 4.08. The third-order valence-corrected chi connectivity index (χ3v) is 4.08. The van der Waals surface area contributed by atoms with Gasteiger partial charge in [0.25, 0.3) is 0 Å². The summed E-state index contributed by atoms with van der Waals surface area (Å²) < 4.78 is 5.17. The Hall–Kier alpha value is -3.15. The van der Waals surface area contributed by atoms with Gasteiger partial charge in [-0.3, -0.25) is 0 Å². The predicted octanol–water partition coefficient (Wildman–Crippen LogP) is 3.90. The predicted molar refractivity (Wildman–Crippen MR) is 104 cm³/mol. The summed E-state index contributed by atoms with van der Waals surface area (Å²) >= 11 is 0. The van der Waals surface area contributed by atoms with Gasteiger partial charge in [0.2, 0.25) is 5.95 Å². The van der Waals surface area contributed by atoms with E-state index >= 15 is 0 Å². The summed E-state index contributed by atoms with van der Waals surface area (Å²) in [5, 5.41) is 14.6. The average Bonchev–Trinajstić information content (AvgIpc) is 2.66. The van der Waals surface area contributed by atoms with Crippen molar-refractivity contribution in [1.82, 2.24) is 15.2 Å². The van der Waals surface area contributed by atoms with Gasteiger partial charge in [-0.15, -0.1) is 5.10 Å². The maximum atomic E-state index is 5.17. The molecule has 2 aromatic carbocycles. The Morgan fingerprint density at radius 3 is 2.62 bits per heavy atom. The van der Waals surface area contributed by atoms with E-state index in [2.05, 4.69) is 63.1 Å². The number of hydrogen-bond donors (Lipinski definition) is 2. The van der Waals surface area contributed by atoms with Gasteiger partial charge in [0.05, 0.1) is 13.3 Å². The summed E-state index contributed by atoms with van der Waals surface area (Å²) in [5.41, 5.74) is 4.54. The Morgan fingerprint density at radius 2 is 1.85 bits per heavy atom. The number of anilines is 3. The zero-order chi connectivity index (χ0) is 18.4. The van der Waals surface area contributed by atoms with Gasteiger partial charge in [-0.2, -0.15) is 10.1 Å². The summed E-state index contributed by atoms with van der Waals surface area (Å²) in [6.45, 7) is 4.86. The molecular weight excluding hydrogens is 326 g/mol. The monoisotopic (exact) mass is 349 g/mol. The van der Waals surface area contributed by atoms with Crippen LogP contribution < -0.4 is 15.4 Å². The molecule has 26 heavy (non-hydrogen) atoms. The molecule has 0 saturated carbocycles. The Balaban J connectivity index is 1.59. The van der Waals surface area contributed by atoms with Crippen molar-refractivity contribution in [2.45, 2.75) is 20.3 Å². The molecule has 0 aliphatic heterocycles. The first-order chi connectivity index (χ1) is 12.6. The molecule has 0 unspecified atom stereocenters. The standard InChI is InChI=1S/C20H23N5O/c1-14-4-5-15(2)18(12-14)23-20-24-19(13-22-25-20)21-11-10-16-6-8-17(26-3)9-7-16/h4-9,12-13H,10-11H2,1-3H3,(H2,21,23,24,25). The van der Waals surface area contributed by atoms with E-state index in [1.165, 1.54) is 11.1 Å². The molecule has 0 spiro atoms. The number of ether oxygens (including phenoxy) is 1. The molecule has 3 aromatic rings. The topological polar surface area (TPSA) is 72.0 Å². The molecule has 1 aromatic heterocycles. The van der Waals surface area contributed by atoms with E-state index in [9.17, 15) is 0 Å². The van der Waals surface area contributed by atoms with E-state index < -0.39 is 0 Å². The Kier molecular flexibility index (Phi) is 5.63. The molecule has 0 bridgehead atoms. The zero-order valence-electron chi connectivity index (χ0n) is 15.3. The van der Waals surface area contributed by atoms with Crippen molar-refractivity contribution in [2.75, 3.05) is 24.3 Å². The van der Waals surface area contributed by atoms with E-state index in [0.29, 0.717) is 11.8 Å². The van der Waals surface area contributed by atoms with Crippen LogP contribution in [0.4, 0.5) is 17.5 Å². The van der Waals surface area contributed by atoms with Crippen LogP contribution in [0.1, 0.15) is 16.7 Å². The van der Waals surface area contributed by atoms with Crippen molar-refractivity contribution in [3.05, 3.63) is 65.4 Å². The Bertz CT molecular complexity index is 864. The van der Waals surface area contributed by atoms with Gasteiger partial charge >= 0.3 is 0 Å². The molecule has 1 heterocycles. The number of hydrogen-bond acceptors (Lipinski definition) is 6. The largest absolute Gasteiger partial charge is 0.497 e. The number of nitrogens with one attached hydrogen (secondary N) is 2. The van der Waals surface area contributed by atoms with Crippen LogP contribution in [0.15, 0.2) is 48.7 Å². The summed E-state index contributed by atoms with van der Waals surface area (Å²) in [4.78, 5) is 4.48. The lowest BCUT2D eigenvalue weighted by molar-refractivity contribution is 0.414. The van der Waals surface area contributed by atoms with Crippen LogP contribution >= 0.6 is 0 Å². The smallest absolute Gasteiger partial charge is 0.249 e. The lowest BCUT2D eigenvalue weighted by Gasteiger charge is -2.10. The fourth-order valence-electron chi connectivity index (χ4n) is 2.56. The quantitative estimate of drug-likeness (QED) is 0.674. The summed E-state index contributed by atoms with van der Waals surface area (Å²) in [6, 6.07) is 14.3. The highest BCUT2D eigenvalue weighted by atomic mass is 16.5. The number of rotatable bonds is 7. The molecule has 6 heteroatoms. The van der Waals surface area contributed by atoms with Crippen molar-refractivity contribution in [2.24, 2.45) is 0 Å². The minimum Gasteiger partial charge on any atom is -0.497 e. The van der Waals surface area contributed by atoms with E-state index in [4.69, 9.17) is 4.74 Å². The van der Waals surface area contributed by atoms with Gasteiger partial charge < -0.3 is 15.4 Å². The lowest BCUT2D eigenvalue weighted by atomic mass is 10.1. The van der Waals surface area contributed by atoms with Gasteiger partial charge in [-0.1, -0.05) is 24.3 Å². The molecular formula is C20H23N5O. The maximum absolute atomic E-state index is 5.17. The van der Waals surface area contributed by atoms with Crippen LogP contribution in [0.5, 0.6) is 5.75 Å². The van der Waals surface area contributed by atoms with Crippen molar-refractivity contribution >= 4 is 17.5 Å². The van der Waals surface area contributed by atoms with Gasteiger partial charge in [0.15, 0.2) is 5.82 Å². The van der Waals surface area contributed by atoms with Crippen LogP contribution in [0.25, 0.3) is 0 Å². The number of methoxy groups -OCH3 is 1. The first-order valence-corrected chi connectivity index (χ1v) is 8.55. The maximum Gasteiger partial charge on any atom is 0.249 e. The van der Waals surface area contributed by atoms with Crippen LogP contribution in [0, 0.1) is 13.8 Å². The van der Waals surface area contributed by atoms with Crippen LogP contribution in [0.3, 0.4) is 0 Å². The van der Waals surface area contributed by atoms with E-state index in [0.717, 1.165) is 30.0 Å². The number of benzene rings is 2. The molecule has 0 aliphatic carbocycles. The van der Waals surface area contributed by atoms with Crippen molar-refractivity contribution in [3.63, 3.8) is 0 Å². The number of aryl methyl sites for hydroxylation is 2. The molecule has 2 N–H and O–H groups in total. The average molecular weight is 349 g/mol. The second-order valence-electron chi connectivity index (χ2n) is 6.13. The van der Waals surface area contributed by atoms with E-state index in [-0.39, 0.29) is 0 Å². The highest BCUT2D eigenvalue weighted by Gasteiger charge is 2.04. The first-order valence-electron chi connectivity index (χ1n) is 8.55. The molecule has 0 fully saturated rings. The third kappa shape index (κ3) is 4.69. The van der Waals surface area contributed by atoms with Crippen molar-refractivity contribution < 1.29 is 4.74 Å². The number of nitrogens with zero attached hydrogens (tertiary/aromatic N) is 3. The summed E-state index contributed by atoms with van der Waals surface area (Å²) in [5.74, 6) is 2.04. The van der Waals surface area contributed by atoms with E-state index in [1.807, 2.05) is 19.1 Å². The minimum atomic E-state index is 0.480. The van der Waals surface area contributed by atoms with Crippen LogP contribution in [-0.2, 0) is 6.42 Å². The Labute approximate surface area is 153 Å². The van der Waals surface area contributed by atoms with Crippen LogP contribution in [-0.4, -0.2) is 28.8 Å².